The van der Waals surface area contributed by atoms with Gasteiger partial charge in [0.05, 0.1) is 12.2 Å². The van der Waals surface area contributed by atoms with Crippen molar-refractivity contribution in [2.45, 2.75) is 70.6 Å². The molecular weight excluding hydrogens is 265 g/mol. The molecule has 1 atom stereocenters. The third-order valence-electron chi connectivity index (χ3n) is 4.11. The quantitative estimate of drug-likeness (QED) is 0.774. The van der Waals surface area contributed by atoms with Gasteiger partial charge in [-0.1, -0.05) is 51.7 Å². The molecule has 1 unspecified atom stereocenters. The minimum absolute atomic E-state index is 0.0103. The van der Waals surface area contributed by atoms with Crippen molar-refractivity contribution in [2.75, 3.05) is 6.54 Å². The predicted molar refractivity (Wildman–Crippen MR) is 84.9 cm³/mol. The van der Waals surface area contributed by atoms with E-state index >= 15 is 0 Å². The van der Waals surface area contributed by atoms with Crippen LogP contribution in [0.25, 0.3) is 0 Å². The zero-order valence-corrected chi connectivity index (χ0v) is 13.3. The highest BCUT2D eigenvalue weighted by atomic mass is 19.1. The normalized spacial score (nSPS) is 18.7. The van der Waals surface area contributed by atoms with E-state index in [1.165, 1.54) is 37.8 Å². The number of halogens is 1. The molecule has 0 aliphatic heterocycles. The highest BCUT2D eigenvalue weighted by Gasteiger charge is 2.20. The number of rotatable bonds is 6. The highest BCUT2D eigenvalue weighted by Crippen LogP contribution is 2.26. The van der Waals surface area contributed by atoms with Gasteiger partial charge in [0.1, 0.15) is 5.82 Å². The Morgan fingerprint density at radius 2 is 1.71 bits per heavy atom. The second kappa shape index (κ2) is 8.50. The summed E-state index contributed by atoms with van der Waals surface area (Å²) in [5.41, 5.74) is 1.06. The van der Waals surface area contributed by atoms with Crippen LogP contribution in [0.1, 0.15) is 64.0 Å². The maximum atomic E-state index is 13.1. The van der Waals surface area contributed by atoms with Crippen molar-refractivity contribution < 1.29 is 9.13 Å². The van der Waals surface area contributed by atoms with Crippen LogP contribution < -0.4 is 5.32 Å². The third-order valence-corrected chi connectivity index (χ3v) is 4.11. The first-order valence-electron chi connectivity index (χ1n) is 8.29. The van der Waals surface area contributed by atoms with Gasteiger partial charge in [-0.2, -0.15) is 0 Å². The molecule has 2 rings (SSSR count). The van der Waals surface area contributed by atoms with Crippen molar-refractivity contribution in [1.82, 2.24) is 5.32 Å². The summed E-state index contributed by atoms with van der Waals surface area (Å²) < 4.78 is 19.5. The Hall–Kier alpha value is -0.930. The average molecular weight is 293 g/mol. The highest BCUT2D eigenvalue weighted by molar-refractivity contribution is 5.19. The van der Waals surface area contributed by atoms with Crippen molar-refractivity contribution in [3.8, 4) is 0 Å². The molecule has 118 valence electrons. The summed E-state index contributed by atoms with van der Waals surface area (Å²) >= 11 is 0. The van der Waals surface area contributed by atoms with Gasteiger partial charge in [0.25, 0.3) is 0 Å². The van der Waals surface area contributed by atoms with Crippen LogP contribution in [-0.4, -0.2) is 18.7 Å². The molecule has 1 aromatic rings. The molecule has 1 aliphatic carbocycles. The predicted octanol–water partition coefficient (Wildman–Crippen LogP) is 4.60. The van der Waals surface area contributed by atoms with E-state index in [1.807, 2.05) is 12.1 Å². The van der Waals surface area contributed by atoms with Crippen molar-refractivity contribution in [3.05, 3.63) is 35.6 Å². The number of hydrogen-bond acceptors (Lipinski definition) is 2. The van der Waals surface area contributed by atoms with Gasteiger partial charge in [0.2, 0.25) is 0 Å². The molecule has 1 fully saturated rings. The van der Waals surface area contributed by atoms with Crippen LogP contribution in [0.2, 0.25) is 0 Å². The maximum Gasteiger partial charge on any atom is 0.123 e. The van der Waals surface area contributed by atoms with E-state index in [1.54, 1.807) is 0 Å². The summed E-state index contributed by atoms with van der Waals surface area (Å²) in [7, 11) is 0. The minimum Gasteiger partial charge on any atom is -0.369 e. The molecule has 1 aliphatic rings. The summed E-state index contributed by atoms with van der Waals surface area (Å²) in [6.45, 7) is 5.04. The number of benzene rings is 1. The number of hydrogen-bond donors (Lipinski definition) is 1. The molecule has 1 saturated carbocycles. The number of nitrogens with one attached hydrogen (secondary N) is 1. The van der Waals surface area contributed by atoms with Crippen molar-refractivity contribution >= 4 is 0 Å². The van der Waals surface area contributed by atoms with Gasteiger partial charge in [0.15, 0.2) is 0 Å². The van der Waals surface area contributed by atoms with Crippen molar-refractivity contribution in [2.24, 2.45) is 0 Å². The Kier molecular flexibility index (Phi) is 6.65. The summed E-state index contributed by atoms with van der Waals surface area (Å²) in [6, 6.07) is 7.16. The molecule has 0 amide bonds. The smallest absolute Gasteiger partial charge is 0.123 e. The van der Waals surface area contributed by atoms with Gasteiger partial charge in [0, 0.05) is 12.6 Å². The van der Waals surface area contributed by atoms with Gasteiger partial charge in [-0.15, -0.1) is 0 Å². The zero-order valence-electron chi connectivity index (χ0n) is 13.3. The van der Waals surface area contributed by atoms with Gasteiger partial charge in [-0.3, -0.25) is 0 Å². The number of ether oxygens (including phenoxy) is 1. The monoisotopic (exact) mass is 293 g/mol. The molecule has 0 aromatic heterocycles. The Bertz CT molecular complexity index is 396. The molecule has 3 heteroatoms. The maximum absolute atomic E-state index is 13.1. The first kappa shape index (κ1) is 16.4. The van der Waals surface area contributed by atoms with Crippen LogP contribution in [0, 0.1) is 5.82 Å². The van der Waals surface area contributed by atoms with E-state index in [2.05, 4.69) is 19.2 Å². The molecule has 0 bridgehead atoms. The molecule has 0 spiro atoms. The molecule has 21 heavy (non-hydrogen) atoms. The fourth-order valence-corrected chi connectivity index (χ4v) is 2.88. The first-order valence-corrected chi connectivity index (χ1v) is 8.29. The Morgan fingerprint density at radius 1 is 1.10 bits per heavy atom. The molecule has 0 heterocycles. The lowest BCUT2D eigenvalue weighted by atomic mass is 10.1. The Morgan fingerprint density at radius 3 is 2.29 bits per heavy atom. The van der Waals surface area contributed by atoms with Gasteiger partial charge in [-0.05, 0) is 30.5 Å². The first-order chi connectivity index (χ1) is 10.1. The third kappa shape index (κ3) is 5.76. The van der Waals surface area contributed by atoms with Gasteiger partial charge in [-0.25, -0.2) is 4.39 Å². The Labute approximate surface area is 128 Å². The second-order valence-corrected chi connectivity index (χ2v) is 6.35. The lowest BCUT2D eigenvalue weighted by molar-refractivity contribution is -0.0209. The van der Waals surface area contributed by atoms with E-state index in [0.717, 1.165) is 24.9 Å². The van der Waals surface area contributed by atoms with E-state index in [0.29, 0.717) is 12.1 Å². The largest absolute Gasteiger partial charge is 0.369 e. The summed E-state index contributed by atoms with van der Waals surface area (Å²) in [5.74, 6) is -0.191. The van der Waals surface area contributed by atoms with Crippen LogP contribution in [0.3, 0.4) is 0 Å². The molecule has 1 N–H and O–H groups in total. The van der Waals surface area contributed by atoms with E-state index in [4.69, 9.17) is 4.74 Å². The van der Waals surface area contributed by atoms with Crippen LogP contribution in [0.4, 0.5) is 4.39 Å². The molecular formula is C18H28FNO. The zero-order chi connectivity index (χ0) is 15.1. The van der Waals surface area contributed by atoms with E-state index < -0.39 is 0 Å². The van der Waals surface area contributed by atoms with E-state index in [9.17, 15) is 4.39 Å². The van der Waals surface area contributed by atoms with Crippen molar-refractivity contribution in [1.29, 1.82) is 0 Å². The van der Waals surface area contributed by atoms with Crippen LogP contribution in [0.15, 0.2) is 24.3 Å². The van der Waals surface area contributed by atoms with Gasteiger partial charge >= 0.3 is 0 Å². The molecule has 0 radical (unpaired) electrons. The van der Waals surface area contributed by atoms with Crippen LogP contribution >= 0.6 is 0 Å². The summed E-state index contributed by atoms with van der Waals surface area (Å²) in [5, 5.41) is 3.45. The van der Waals surface area contributed by atoms with Crippen LogP contribution in [0.5, 0.6) is 0 Å². The fourth-order valence-electron chi connectivity index (χ4n) is 2.88. The minimum atomic E-state index is -0.191. The molecule has 0 saturated heterocycles. The van der Waals surface area contributed by atoms with Gasteiger partial charge < -0.3 is 10.1 Å². The second-order valence-electron chi connectivity index (χ2n) is 6.35. The SMILES string of the molecule is CC(C)NCC(OC1CCCCCC1)c1ccc(F)cc1. The molecule has 1 aromatic carbocycles. The average Bonchev–Trinajstić information content (AvgIpc) is 2.73. The molecule has 2 nitrogen and oxygen atoms in total. The Balaban J connectivity index is 2.01. The summed E-state index contributed by atoms with van der Waals surface area (Å²) in [6.07, 6.45) is 7.83. The summed E-state index contributed by atoms with van der Waals surface area (Å²) in [4.78, 5) is 0. The van der Waals surface area contributed by atoms with E-state index in [-0.39, 0.29) is 11.9 Å². The van der Waals surface area contributed by atoms with Crippen molar-refractivity contribution in [3.63, 3.8) is 0 Å². The lowest BCUT2D eigenvalue weighted by Gasteiger charge is -2.26. The lowest BCUT2D eigenvalue weighted by Crippen LogP contribution is -2.31. The topological polar surface area (TPSA) is 21.3 Å². The standard InChI is InChI=1S/C18H28FNO/c1-14(2)20-13-18(15-9-11-16(19)12-10-15)21-17-7-5-3-4-6-8-17/h9-12,14,17-18,20H,3-8,13H2,1-2H3. The fraction of sp³-hybridized carbons (Fsp3) is 0.667. The van der Waals surface area contributed by atoms with Crippen LogP contribution in [-0.2, 0) is 4.74 Å².